The number of benzene rings is 2. The minimum atomic E-state index is 0.363. The number of aryl methyl sites for hydroxylation is 3. The molecular formula is C24H27N. The standard InChI is InChI=1S/C24H27N/c1-15-12-18(4)24(19(5)13-15)25-20(6)21-9-7-8-10-22(21)23-14-16(2)11-17(23)3/h7-14,23H,1-6H3. The number of hydrogen-bond donors (Lipinski definition) is 0. The van der Waals surface area contributed by atoms with Gasteiger partial charge in [-0.05, 0) is 63.8 Å². The van der Waals surface area contributed by atoms with Crippen molar-refractivity contribution in [3.63, 3.8) is 0 Å². The number of allylic oxidation sites excluding steroid dienone is 4. The highest BCUT2D eigenvalue weighted by molar-refractivity contribution is 6.02. The largest absolute Gasteiger partial charge is 0.253 e. The average molecular weight is 329 g/mol. The predicted octanol–water partition coefficient (Wildman–Crippen LogP) is 6.74. The summed E-state index contributed by atoms with van der Waals surface area (Å²) in [7, 11) is 0. The molecule has 0 saturated carbocycles. The molecular weight excluding hydrogens is 302 g/mol. The first kappa shape index (κ1) is 17.4. The van der Waals surface area contributed by atoms with E-state index in [1.165, 1.54) is 39.0 Å². The van der Waals surface area contributed by atoms with E-state index in [-0.39, 0.29) is 0 Å². The summed E-state index contributed by atoms with van der Waals surface area (Å²) in [6, 6.07) is 13.1. The van der Waals surface area contributed by atoms with Crippen LogP contribution < -0.4 is 0 Å². The molecule has 1 unspecified atom stereocenters. The van der Waals surface area contributed by atoms with Crippen molar-refractivity contribution < 1.29 is 0 Å². The van der Waals surface area contributed by atoms with Crippen LogP contribution in [0.3, 0.4) is 0 Å². The fraction of sp³-hybridized carbons (Fsp3) is 0.292. The van der Waals surface area contributed by atoms with Crippen molar-refractivity contribution in [1.82, 2.24) is 0 Å². The summed E-state index contributed by atoms with van der Waals surface area (Å²) in [5, 5.41) is 0. The van der Waals surface area contributed by atoms with Crippen LogP contribution in [0, 0.1) is 20.8 Å². The molecule has 0 aromatic heterocycles. The maximum absolute atomic E-state index is 5.02. The van der Waals surface area contributed by atoms with Crippen LogP contribution >= 0.6 is 0 Å². The van der Waals surface area contributed by atoms with Crippen molar-refractivity contribution in [2.45, 2.75) is 47.5 Å². The number of aliphatic imine (C=N–C) groups is 1. The number of hydrogen-bond acceptors (Lipinski definition) is 1. The molecule has 0 amide bonds. The highest BCUT2D eigenvalue weighted by Gasteiger charge is 2.19. The van der Waals surface area contributed by atoms with Crippen molar-refractivity contribution in [2.75, 3.05) is 0 Å². The zero-order valence-electron chi connectivity index (χ0n) is 16.1. The lowest BCUT2D eigenvalue weighted by atomic mass is 9.89. The van der Waals surface area contributed by atoms with Gasteiger partial charge in [0.15, 0.2) is 0 Å². The molecule has 0 spiro atoms. The molecule has 1 aliphatic carbocycles. The van der Waals surface area contributed by atoms with Gasteiger partial charge in [-0.15, -0.1) is 0 Å². The molecule has 25 heavy (non-hydrogen) atoms. The Bertz CT molecular complexity index is 886. The average Bonchev–Trinajstić information content (AvgIpc) is 2.89. The Morgan fingerprint density at radius 2 is 1.56 bits per heavy atom. The third kappa shape index (κ3) is 3.51. The summed E-state index contributed by atoms with van der Waals surface area (Å²) in [4.78, 5) is 5.02. The molecule has 1 heteroatoms. The van der Waals surface area contributed by atoms with Crippen molar-refractivity contribution in [3.8, 4) is 0 Å². The first-order chi connectivity index (χ1) is 11.9. The van der Waals surface area contributed by atoms with Crippen LogP contribution in [0.1, 0.15) is 54.5 Å². The van der Waals surface area contributed by atoms with E-state index >= 15 is 0 Å². The van der Waals surface area contributed by atoms with Gasteiger partial charge in [-0.25, -0.2) is 0 Å². The van der Waals surface area contributed by atoms with Crippen molar-refractivity contribution in [3.05, 3.63) is 87.5 Å². The number of rotatable bonds is 3. The normalized spacial score (nSPS) is 17.5. The monoisotopic (exact) mass is 329 g/mol. The third-order valence-electron chi connectivity index (χ3n) is 4.98. The van der Waals surface area contributed by atoms with Crippen LogP contribution in [0.2, 0.25) is 0 Å². The molecule has 3 rings (SSSR count). The Hall–Kier alpha value is -2.41. The molecule has 0 aliphatic heterocycles. The van der Waals surface area contributed by atoms with E-state index in [0.717, 1.165) is 11.4 Å². The van der Waals surface area contributed by atoms with Gasteiger partial charge in [-0.3, -0.25) is 4.99 Å². The lowest BCUT2D eigenvalue weighted by molar-refractivity contribution is 1.01. The fourth-order valence-corrected chi connectivity index (χ4v) is 3.90. The van der Waals surface area contributed by atoms with E-state index in [0.29, 0.717) is 5.92 Å². The van der Waals surface area contributed by atoms with Crippen molar-refractivity contribution >= 4 is 11.4 Å². The van der Waals surface area contributed by atoms with Gasteiger partial charge in [0.25, 0.3) is 0 Å². The zero-order valence-corrected chi connectivity index (χ0v) is 16.1. The molecule has 2 aromatic rings. The first-order valence-corrected chi connectivity index (χ1v) is 8.96. The maximum atomic E-state index is 5.02. The molecule has 2 aromatic carbocycles. The van der Waals surface area contributed by atoms with Gasteiger partial charge < -0.3 is 0 Å². The van der Waals surface area contributed by atoms with Gasteiger partial charge in [-0.1, -0.05) is 65.3 Å². The van der Waals surface area contributed by atoms with Crippen LogP contribution in [-0.4, -0.2) is 5.71 Å². The molecule has 0 fully saturated rings. The fourth-order valence-electron chi connectivity index (χ4n) is 3.90. The summed E-state index contributed by atoms with van der Waals surface area (Å²) in [5.41, 5.74) is 11.3. The number of nitrogens with zero attached hydrogens (tertiary/aromatic N) is 1. The summed E-state index contributed by atoms with van der Waals surface area (Å²) in [5.74, 6) is 0.363. The second-order valence-electron chi connectivity index (χ2n) is 7.31. The molecule has 0 radical (unpaired) electrons. The highest BCUT2D eigenvalue weighted by Crippen LogP contribution is 2.35. The van der Waals surface area contributed by atoms with Gasteiger partial charge in [0.1, 0.15) is 0 Å². The summed E-state index contributed by atoms with van der Waals surface area (Å²) >= 11 is 0. The minimum Gasteiger partial charge on any atom is -0.253 e. The minimum absolute atomic E-state index is 0.363. The topological polar surface area (TPSA) is 12.4 Å². The van der Waals surface area contributed by atoms with Crippen LogP contribution in [0.25, 0.3) is 0 Å². The van der Waals surface area contributed by atoms with Crippen LogP contribution in [0.4, 0.5) is 5.69 Å². The predicted molar refractivity (Wildman–Crippen MR) is 109 cm³/mol. The van der Waals surface area contributed by atoms with E-state index in [2.05, 4.69) is 90.1 Å². The van der Waals surface area contributed by atoms with E-state index in [1.807, 2.05) is 0 Å². The molecule has 0 N–H and O–H groups in total. The Morgan fingerprint density at radius 3 is 2.16 bits per heavy atom. The molecule has 0 heterocycles. The van der Waals surface area contributed by atoms with E-state index in [4.69, 9.17) is 4.99 Å². The van der Waals surface area contributed by atoms with Crippen LogP contribution in [-0.2, 0) is 0 Å². The Kier molecular flexibility index (Phi) is 4.76. The molecule has 1 aliphatic rings. The molecule has 0 saturated heterocycles. The smallest absolute Gasteiger partial charge is 0.0691 e. The van der Waals surface area contributed by atoms with Crippen molar-refractivity contribution in [2.24, 2.45) is 4.99 Å². The van der Waals surface area contributed by atoms with Crippen LogP contribution in [0.5, 0.6) is 0 Å². The second-order valence-corrected chi connectivity index (χ2v) is 7.31. The molecule has 0 bridgehead atoms. The Morgan fingerprint density at radius 1 is 0.920 bits per heavy atom. The molecule has 128 valence electrons. The van der Waals surface area contributed by atoms with Gasteiger partial charge >= 0.3 is 0 Å². The SMILES string of the molecule is CC1=CC(c2ccccc2C(C)=Nc2c(C)cc(C)cc2C)C(C)=C1. The van der Waals surface area contributed by atoms with Crippen LogP contribution in [0.15, 0.2) is 64.7 Å². The van der Waals surface area contributed by atoms with Crippen molar-refractivity contribution in [1.29, 1.82) is 0 Å². The zero-order chi connectivity index (χ0) is 18.1. The van der Waals surface area contributed by atoms with E-state index in [1.54, 1.807) is 0 Å². The highest BCUT2D eigenvalue weighted by atomic mass is 14.8. The molecule has 1 nitrogen and oxygen atoms in total. The lowest BCUT2D eigenvalue weighted by Crippen LogP contribution is -2.05. The Labute approximate surface area is 151 Å². The van der Waals surface area contributed by atoms with Gasteiger partial charge in [0.2, 0.25) is 0 Å². The van der Waals surface area contributed by atoms with Gasteiger partial charge in [-0.2, -0.15) is 0 Å². The Balaban J connectivity index is 2.08. The van der Waals surface area contributed by atoms with Gasteiger partial charge in [0.05, 0.1) is 5.69 Å². The maximum Gasteiger partial charge on any atom is 0.0691 e. The first-order valence-electron chi connectivity index (χ1n) is 8.96. The second kappa shape index (κ2) is 6.84. The third-order valence-corrected chi connectivity index (χ3v) is 4.98. The quantitative estimate of drug-likeness (QED) is 0.553. The summed E-state index contributed by atoms with van der Waals surface area (Å²) in [6.07, 6.45) is 4.63. The van der Waals surface area contributed by atoms with E-state index < -0.39 is 0 Å². The summed E-state index contributed by atoms with van der Waals surface area (Å²) < 4.78 is 0. The molecule has 1 atom stereocenters. The lowest BCUT2D eigenvalue weighted by Gasteiger charge is -2.17. The summed E-state index contributed by atoms with van der Waals surface area (Å²) in [6.45, 7) is 12.9. The van der Waals surface area contributed by atoms with E-state index in [9.17, 15) is 0 Å². The van der Waals surface area contributed by atoms with Gasteiger partial charge in [0, 0.05) is 11.6 Å².